The summed E-state index contributed by atoms with van der Waals surface area (Å²) in [4.78, 5) is 4.39. The smallest absolute Gasteiger partial charge is 0.142 e. The first-order chi connectivity index (χ1) is 14.7. The van der Waals surface area contributed by atoms with Gasteiger partial charge in [-0.05, 0) is 48.0 Å². The molecule has 0 fully saturated rings. The van der Waals surface area contributed by atoms with Gasteiger partial charge in [0.05, 0.1) is 17.3 Å². The van der Waals surface area contributed by atoms with Crippen LogP contribution in [0.5, 0.6) is 11.5 Å². The maximum absolute atomic E-state index is 9.66. The summed E-state index contributed by atoms with van der Waals surface area (Å²) >= 11 is 0. The van der Waals surface area contributed by atoms with E-state index in [4.69, 9.17) is 15.7 Å². The topological polar surface area (TPSA) is 95.7 Å². The zero-order valence-electron chi connectivity index (χ0n) is 15.9. The Morgan fingerprint density at radius 2 is 1.47 bits per heavy atom. The van der Waals surface area contributed by atoms with Crippen LogP contribution in [0.15, 0.2) is 84.9 Å². The minimum Gasteiger partial charge on any atom is -0.457 e. The highest BCUT2D eigenvalue weighted by molar-refractivity contribution is 5.80. The third-order valence-corrected chi connectivity index (χ3v) is 4.59. The van der Waals surface area contributed by atoms with Gasteiger partial charge >= 0.3 is 0 Å². The van der Waals surface area contributed by atoms with Gasteiger partial charge in [-0.15, -0.1) is 0 Å². The number of aromatic nitrogens is 1. The van der Waals surface area contributed by atoms with Gasteiger partial charge in [0.1, 0.15) is 28.9 Å². The highest BCUT2D eigenvalue weighted by Gasteiger charge is 2.14. The molecule has 0 atom stereocenters. The van der Waals surface area contributed by atoms with Crippen LogP contribution in [0.2, 0.25) is 0 Å². The molecule has 30 heavy (non-hydrogen) atoms. The number of ether oxygens (including phenoxy) is 1. The molecule has 0 aliphatic heterocycles. The first kappa shape index (κ1) is 18.7. The number of hydrogen-bond donors (Lipinski definition) is 1. The Kier molecular flexibility index (Phi) is 5.11. The normalized spacial score (nSPS) is 10.1. The maximum atomic E-state index is 9.66. The third kappa shape index (κ3) is 3.82. The van der Waals surface area contributed by atoms with E-state index in [9.17, 15) is 5.26 Å². The van der Waals surface area contributed by atoms with Crippen LogP contribution in [0.3, 0.4) is 0 Å². The van der Waals surface area contributed by atoms with Gasteiger partial charge in [-0.1, -0.05) is 42.5 Å². The largest absolute Gasteiger partial charge is 0.457 e. The fraction of sp³-hybridized carbons (Fsp3) is 0. The second kappa shape index (κ2) is 8.18. The van der Waals surface area contributed by atoms with E-state index in [2.05, 4.69) is 17.1 Å². The fourth-order valence-corrected chi connectivity index (χ4v) is 3.13. The Morgan fingerprint density at radius 3 is 2.17 bits per heavy atom. The molecule has 1 aromatic heterocycles. The Bertz CT molecular complexity index is 1280. The minimum atomic E-state index is 0.156. The number of para-hydroxylation sites is 1. The lowest BCUT2D eigenvalue weighted by atomic mass is 9.98. The molecule has 5 nitrogen and oxygen atoms in total. The van der Waals surface area contributed by atoms with Gasteiger partial charge in [0.15, 0.2) is 0 Å². The molecule has 0 unspecified atom stereocenters. The fourth-order valence-electron chi connectivity index (χ4n) is 3.13. The van der Waals surface area contributed by atoms with Gasteiger partial charge in [0.2, 0.25) is 0 Å². The molecule has 0 amide bonds. The summed E-state index contributed by atoms with van der Waals surface area (Å²) in [5, 5.41) is 18.7. The molecule has 0 aliphatic rings. The van der Waals surface area contributed by atoms with Crippen LogP contribution in [0, 0.1) is 22.7 Å². The zero-order valence-corrected chi connectivity index (χ0v) is 15.9. The van der Waals surface area contributed by atoms with E-state index >= 15 is 0 Å². The summed E-state index contributed by atoms with van der Waals surface area (Å²) < 4.78 is 5.92. The number of nitrogens with zero attached hydrogens (tertiary/aromatic N) is 3. The quantitative estimate of drug-likeness (QED) is 0.495. The predicted molar refractivity (Wildman–Crippen MR) is 115 cm³/mol. The molecule has 5 heteroatoms. The molecular formula is C25H16N4O. The number of nitriles is 2. The van der Waals surface area contributed by atoms with Crippen molar-refractivity contribution in [1.29, 1.82) is 10.5 Å². The number of nitrogen functional groups attached to an aromatic ring is 1. The molecule has 0 saturated heterocycles. The summed E-state index contributed by atoms with van der Waals surface area (Å²) in [6.07, 6.45) is 0. The molecule has 2 N–H and O–H groups in total. The van der Waals surface area contributed by atoms with Crippen LogP contribution in [0.1, 0.15) is 11.1 Å². The van der Waals surface area contributed by atoms with E-state index in [1.807, 2.05) is 72.8 Å². The Hall–Kier alpha value is -4.61. The maximum Gasteiger partial charge on any atom is 0.142 e. The standard InChI is InChI=1S/C25H16N4O/c26-15-17-9-11-18(12-10-17)24-14-22(23(16-27)25(28)29-24)19-5-4-8-21(13-19)30-20-6-2-1-3-7-20/h1-14H,(H2,28,29). The lowest BCUT2D eigenvalue weighted by Gasteiger charge is -2.12. The third-order valence-electron chi connectivity index (χ3n) is 4.59. The summed E-state index contributed by atoms with van der Waals surface area (Å²) in [5.74, 6) is 1.53. The summed E-state index contributed by atoms with van der Waals surface area (Å²) in [6.45, 7) is 0. The van der Waals surface area contributed by atoms with Gasteiger partial charge < -0.3 is 10.5 Å². The summed E-state index contributed by atoms with van der Waals surface area (Å²) in [6, 6.07) is 30.1. The number of rotatable bonds is 4. The number of hydrogen-bond acceptors (Lipinski definition) is 5. The van der Waals surface area contributed by atoms with Crippen molar-refractivity contribution < 1.29 is 4.74 Å². The Morgan fingerprint density at radius 1 is 0.733 bits per heavy atom. The average molecular weight is 388 g/mol. The zero-order chi connectivity index (χ0) is 20.9. The molecule has 0 saturated carbocycles. The molecule has 0 aliphatic carbocycles. The van der Waals surface area contributed by atoms with Crippen molar-refractivity contribution in [3.63, 3.8) is 0 Å². The van der Waals surface area contributed by atoms with Crippen LogP contribution >= 0.6 is 0 Å². The highest BCUT2D eigenvalue weighted by Crippen LogP contribution is 2.33. The SMILES string of the molecule is N#Cc1ccc(-c2cc(-c3cccc(Oc4ccccc4)c3)c(C#N)c(N)n2)cc1. The Labute approximate surface area is 174 Å². The molecular weight excluding hydrogens is 372 g/mol. The second-order valence-electron chi connectivity index (χ2n) is 6.56. The molecule has 1 heterocycles. The first-order valence-electron chi connectivity index (χ1n) is 9.22. The van der Waals surface area contributed by atoms with Crippen molar-refractivity contribution in [2.75, 3.05) is 5.73 Å². The van der Waals surface area contributed by atoms with Crippen LogP contribution < -0.4 is 10.5 Å². The van der Waals surface area contributed by atoms with Crippen LogP contribution in [0.25, 0.3) is 22.4 Å². The van der Waals surface area contributed by atoms with Crippen molar-refractivity contribution in [2.24, 2.45) is 0 Å². The monoisotopic (exact) mass is 388 g/mol. The lowest BCUT2D eigenvalue weighted by molar-refractivity contribution is 0.483. The number of pyridine rings is 1. The van der Waals surface area contributed by atoms with Crippen molar-refractivity contribution in [3.8, 4) is 46.0 Å². The van der Waals surface area contributed by atoms with Crippen molar-refractivity contribution >= 4 is 5.82 Å². The van der Waals surface area contributed by atoms with Crippen LogP contribution in [-0.4, -0.2) is 4.98 Å². The second-order valence-corrected chi connectivity index (χ2v) is 6.56. The Balaban J connectivity index is 1.78. The van der Waals surface area contributed by atoms with Crippen LogP contribution in [-0.2, 0) is 0 Å². The predicted octanol–water partition coefficient (Wildman–Crippen LogP) is 5.53. The summed E-state index contributed by atoms with van der Waals surface area (Å²) in [7, 11) is 0. The van der Waals surface area contributed by atoms with Gasteiger partial charge in [-0.3, -0.25) is 0 Å². The van der Waals surface area contributed by atoms with Crippen LogP contribution in [0.4, 0.5) is 5.82 Å². The molecule has 0 bridgehead atoms. The van der Waals surface area contributed by atoms with Gasteiger partial charge in [0, 0.05) is 11.1 Å². The molecule has 142 valence electrons. The first-order valence-corrected chi connectivity index (χ1v) is 9.22. The van der Waals surface area contributed by atoms with Gasteiger partial charge in [-0.2, -0.15) is 10.5 Å². The highest BCUT2D eigenvalue weighted by atomic mass is 16.5. The number of anilines is 1. The molecule has 3 aromatic carbocycles. The van der Waals surface area contributed by atoms with E-state index in [1.165, 1.54) is 0 Å². The molecule has 4 aromatic rings. The number of benzene rings is 3. The van der Waals surface area contributed by atoms with E-state index < -0.39 is 0 Å². The van der Waals surface area contributed by atoms with E-state index in [1.54, 1.807) is 12.1 Å². The van der Waals surface area contributed by atoms with E-state index in [0.717, 1.165) is 16.9 Å². The average Bonchev–Trinajstić information content (AvgIpc) is 2.79. The molecule has 0 radical (unpaired) electrons. The van der Waals surface area contributed by atoms with Crippen molar-refractivity contribution in [3.05, 3.63) is 96.1 Å². The van der Waals surface area contributed by atoms with Gasteiger partial charge in [-0.25, -0.2) is 4.98 Å². The van der Waals surface area contributed by atoms with E-state index in [-0.39, 0.29) is 5.82 Å². The minimum absolute atomic E-state index is 0.156. The lowest BCUT2D eigenvalue weighted by Crippen LogP contribution is -2.00. The van der Waals surface area contributed by atoms with Crippen molar-refractivity contribution in [1.82, 2.24) is 4.98 Å². The van der Waals surface area contributed by atoms with Crippen molar-refractivity contribution in [2.45, 2.75) is 0 Å². The molecule has 4 rings (SSSR count). The van der Waals surface area contributed by atoms with Gasteiger partial charge in [0.25, 0.3) is 0 Å². The molecule has 0 spiro atoms. The van der Waals surface area contributed by atoms with E-state index in [0.29, 0.717) is 28.1 Å². The summed E-state index contributed by atoms with van der Waals surface area (Å²) in [5.41, 5.74) is 9.88. The number of nitrogens with two attached hydrogens (primary N) is 1.